The standard InChI is InChI=1S/C16H19NO3/c1-16(2,3)20-15(18)17-8-7-11-5-4-6-13-14(11)12(9-17)10-19-13/h4-6,10H,7-9H2,1-3H3. The van der Waals surface area contributed by atoms with Gasteiger partial charge in [0.1, 0.15) is 11.2 Å². The van der Waals surface area contributed by atoms with Crippen molar-refractivity contribution in [3.05, 3.63) is 35.6 Å². The quantitative estimate of drug-likeness (QED) is 0.734. The summed E-state index contributed by atoms with van der Waals surface area (Å²) in [5, 5.41) is 1.15. The molecule has 3 rings (SSSR count). The summed E-state index contributed by atoms with van der Waals surface area (Å²) in [6.07, 6.45) is 2.31. The van der Waals surface area contributed by atoms with Crippen molar-refractivity contribution < 1.29 is 13.9 Å². The first-order valence-electron chi connectivity index (χ1n) is 6.90. The molecule has 0 radical (unpaired) electrons. The summed E-state index contributed by atoms with van der Waals surface area (Å²) in [5.41, 5.74) is 2.71. The van der Waals surface area contributed by atoms with Crippen LogP contribution in [0.2, 0.25) is 0 Å². The normalized spacial score (nSPS) is 15.2. The first-order chi connectivity index (χ1) is 9.44. The molecule has 1 aromatic carbocycles. The zero-order valence-electron chi connectivity index (χ0n) is 12.1. The Balaban J connectivity index is 1.89. The highest BCUT2D eigenvalue weighted by Gasteiger charge is 2.26. The van der Waals surface area contributed by atoms with Gasteiger partial charge in [-0.3, -0.25) is 0 Å². The molecular formula is C16H19NO3. The molecule has 0 saturated heterocycles. The van der Waals surface area contributed by atoms with Crippen molar-refractivity contribution in [2.24, 2.45) is 0 Å². The number of carbonyl (C=O) groups is 1. The zero-order chi connectivity index (χ0) is 14.3. The lowest BCUT2D eigenvalue weighted by molar-refractivity contribution is 0.0238. The minimum Gasteiger partial charge on any atom is -0.464 e. The fourth-order valence-electron chi connectivity index (χ4n) is 2.58. The maximum absolute atomic E-state index is 12.2. The maximum atomic E-state index is 12.2. The van der Waals surface area contributed by atoms with Gasteiger partial charge in [0.25, 0.3) is 0 Å². The van der Waals surface area contributed by atoms with E-state index in [1.807, 2.05) is 32.9 Å². The Morgan fingerprint density at radius 2 is 2.10 bits per heavy atom. The molecule has 106 valence electrons. The Bertz CT molecular complexity index is 651. The van der Waals surface area contributed by atoms with Crippen LogP contribution in [0.25, 0.3) is 11.0 Å². The smallest absolute Gasteiger partial charge is 0.410 e. The molecule has 0 unspecified atom stereocenters. The van der Waals surface area contributed by atoms with Gasteiger partial charge in [-0.15, -0.1) is 0 Å². The third-order valence-corrected chi connectivity index (χ3v) is 3.43. The number of benzene rings is 1. The third kappa shape index (κ3) is 2.38. The topological polar surface area (TPSA) is 42.7 Å². The van der Waals surface area contributed by atoms with Crippen molar-refractivity contribution >= 4 is 17.1 Å². The SMILES string of the molecule is CC(C)(C)OC(=O)N1CCc2cccc3occ(c23)C1. The van der Waals surface area contributed by atoms with Gasteiger partial charge < -0.3 is 14.1 Å². The fraction of sp³-hybridized carbons (Fsp3) is 0.438. The Labute approximate surface area is 118 Å². The number of furan rings is 1. The molecule has 4 nitrogen and oxygen atoms in total. The number of carbonyl (C=O) groups excluding carboxylic acids is 1. The van der Waals surface area contributed by atoms with Crippen molar-refractivity contribution in [3.63, 3.8) is 0 Å². The van der Waals surface area contributed by atoms with Gasteiger partial charge in [0.15, 0.2) is 0 Å². The van der Waals surface area contributed by atoms with Crippen molar-refractivity contribution in [3.8, 4) is 0 Å². The van der Waals surface area contributed by atoms with Crippen LogP contribution in [0.15, 0.2) is 28.9 Å². The number of nitrogens with zero attached hydrogens (tertiary/aromatic N) is 1. The van der Waals surface area contributed by atoms with Gasteiger partial charge in [0.05, 0.1) is 12.8 Å². The summed E-state index contributed by atoms with van der Waals surface area (Å²) in [4.78, 5) is 14.0. The second-order valence-corrected chi connectivity index (χ2v) is 6.20. The van der Waals surface area contributed by atoms with Gasteiger partial charge in [-0.1, -0.05) is 12.1 Å². The molecule has 0 fully saturated rings. The van der Waals surface area contributed by atoms with Crippen LogP contribution in [-0.4, -0.2) is 23.1 Å². The van der Waals surface area contributed by atoms with E-state index in [4.69, 9.17) is 9.15 Å². The number of amides is 1. The Morgan fingerprint density at radius 1 is 1.30 bits per heavy atom. The average Bonchev–Trinajstić information content (AvgIpc) is 2.65. The summed E-state index contributed by atoms with van der Waals surface area (Å²) < 4.78 is 11.0. The summed E-state index contributed by atoms with van der Waals surface area (Å²) >= 11 is 0. The van der Waals surface area contributed by atoms with Crippen LogP contribution in [0.1, 0.15) is 31.9 Å². The largest absolute Gasteiger partial charge is 0.464 e. The van der Waals surface area contributed by atoms with E-state index in [0.717, 1.165) is 23.0 Å². The number of rotatable bonds is 0. The molecule has 20 heavy (non-hydrogen) atoms. The van der Waals surface area contributed by atoms with Crippen LogP contribution in [-0.2, 0) is 17.7 Å². The highest BCUT2D eigenvalue weighted by molar-refractivity contribution is 5.85. The van der Waals surface area contributed by atoms with Crippen molar-refractivity contribution in [1.82, 2.24) is 4.90 Å². The summed E-state index contributed by atoms with van der Waals surface area (Å²) in [5.74, 6) is 0. The van der Waals surface area contributed by atoms with Gasteiger partial charge >= 0.3 is 6.09 Å². The van der Waals surface area contributed by atoms with E-state index in [1.165, 1.54) is 5.56 Å². The van der Waals surface area contributed by atoms with Crippen molar-refractivity contribution in [2.75, 3.05) is 6.54 Å². The van der Waals surface area contributed by atoms with Crippen LogP contribution >= 0.6 is 0 Å². The summed E-state index contributed by atoms with van der Waals surface area (Å²) in [6.45, 7) is 6.86. The van der Waals surface area contributed by atoms with Crippen molar-refractivity contribution in [1.29, 1.82) is 0 Å². The lowest BCUT2D eigenvalue weighted by Gasteiger charge is -2.26. The highest BCUT2D eigenvalue weighted by atomic mass is 16.6. The van der Waals surface area contributed by atoms with Crippen LogP contribution in [0.5, 0.6) is 0 Å². The third-order valence-electron chi connectivity index (χ3n) is 3.43. The molecule has 1 aromatic heterocycles. The monoisotopic (exact) mass is 273 g/mol. The molecule has 4 heteroatoms. The molecule has 2 heterocycles. The van der Waals surface area contributed by atoms with E-state index in [2.05, 4.69) is 6.07 Å². The van der Waals surface area contributed by atoms with Crippen LogP contribution in [0.3, 0.4) is 0 Å². The van der Waals surface area contributed by atoms with Gasteiger partial charge in [0.2, 0.25) is 0 Å². The maximum Gasteiger partial charge on any atom is 0.410 e. The Kier molecular flexibility index (Phi) is 2.96. The van der Waals surface area contributed by atoms with E-state index < -0.39 is 5.60 Å². The van der Waals surface area contributed by atoms with E-state index in [1.54, 1.807) is 11.2 Å². The highest BCUT2D eigenvalue weighted by Crippen LogP contribution is 2.29. The molecule has 1 amide bonds. The predicted octanol–water partition coefficient (Wildman–Crippen LogP) is 3.73. The first-order valence-corrected chi connectivity index (χ1v) is 6.90. The lowest BCUT2D eigenvalue weighted by atomic mass is 10.1. The molecule has 0 N–H and O–H groups in total. The van der Waals surface area contributed by atoms with E-state index >= 15 is 0 Å². The molecule has 0 bridgehead atoms. The number of hydrogen-bond donors (Lipinski definition) is 0. The molecule has 0 aliphatic carbocycles. The fourth-order valence-corrected chi connectivity index (χ4v) is 2.58. The second-order valence-electron chi connectivity index (χ2n) is 6.20. The van der Waals surface area contributed by atoms with E-state index in [9.17, 15) is 4.79 Å². The Morgan fingerprint density at radius 3 is 2.85 bits per heavy atom. The minimum absolute atomic E-state index is 0.264. The lowest BCUT2D eigenvalue weighted by Crippen LogP contribution is -2.37. The van der Waals surface area contributed by atoms with E-state index in [-0.39, 0.29) is 6.09 Å². The van der Waals surface area contributed by atoms with Gasteiger partial charge in [-0.05, 0) is 38.8 Å². The molecule has 1 aliphatic rings. The van der Waals surface area contributed by atoms with Crippen LogP contribution < -0.4 is 0 Å². The molecular weight excluding hydrogens is 254 g/mol. The van der Waals surface area contributed by atoms with Crippen LogP contribution in [0.4, 0.5) is 4.79 Å². The predicted molar refractivity (Wildman–Crippen MR) is 76.6 cm³/mol. The first kappa shape index (κ1) is 13.0. The number of hydrogen-bond acceptors (Lipinski definition) is 3. The number of ether oxygens (including phenoxy) is 1. The molecule has 0 spiro atoms. The summed E-state index contributed by atoms with van der Waals surface area (Å²) in [6, 6.07) is 6.06. The van der Waals surface area contributed by atoms with Crippen LogP contribution in [0, 0.1) is 0 Å². The average molecular weight is 273 g/mol. The van der Waals surface area contributed by atoms with Crippen molar-refractivity contribution in [2.45, 2.75) is 39.3 Å². The second kappa shape index (κ2) is 4.54. The molecule has 1 aliphatic heterocycles. The molecule has 0 saturated carbocycles. The molecule has 0 atom stereocenters. The molecule has 2 aromatic rings. The van der Waals surface area contributed by atoms with E-state index in [0.29, 0.717) is 13.1 Å². The minimum atomic E-state index is -0.470. The zero-order valence-corrected chi connectivity index (χ0v) is 12.1. The summed E-state index contributed by atoms with van der Waals surface area (Å²) in [7, 11) is 0. The van der Waals surface area contributed by atoms with Gasteiger partial charge in [0, 0.05) is 17.5 Å². The van der Waals surface area contributed by atoms with Gasteiger partial charge in [-0.2, -0.15) is 0 Å². The van der Waals surface area contributed by atoms with Gasteiger partial charge in [-0.25, -0.2) is 4.79 Å². The Hall–Kier alpha value is -1.97.